The van der Waals surface area contributed by atoms with Gasteiger partial charge in [0.15, 0.2) is 0 Å². The number of nitrogens with two attached hydrogens (primary N) is 1. The largest absolute Gasteiger partial charge is 0.383 e. The summed E-state index contributed by atoms with van der Waals surface area (Å²) in [6, 6.07) is 15.6. The van der Waals surface area contributed by atoms with Crippen LogP contribution in [0.4, 0.5) is 5.82 Å². The summed E-state index contributed by atoms with van der Waals surface area (Å²) in [6.07, 6.45) is 0.00486. The molecule has 2 N–H and O–H groups in total. The molecule has 0 amide bonds. The Bertz CT molecular complexity index is 901. The molecule has 1 unspecified atom stereocenters. The zero-order valence-corrected chi connectivity index (χ0v) is 14.5. The van der Waals surface area contributed by atoms with Crippen LogP contribution in [-0.4, -0.2) is 34.6 Å². The Morgan fingerprint density at radius 1 is 1.16 bits per heavy atom. The van der Waals surface area contributed by atoms with Gasteiger partial charge >= 0.3 is 0 Å². The van der Waals surface area contributed by atoms with Crippen molar-refractivity contribution in [2.75, 3.05) is 25.4 Å². The van der Waals surface area contributed by atoms with Gasteiger partial charge in [0.2, 0.25) is 0 Å². The van der Waals surface area contributed by atoms with Crippen LogP contribution >= 0.6 is 11.6 Å². The Morgan fingerprint density at radius 3 is 2.92 bits per heavy atom. The fourth-order valence-corrected chi connectivity index (χ4v) is 3.38. The van der Waals surface area contributed by atoms with E-state index in [9.17, 15) is 0 Å². The molecule has 0 bridgehead atoms. The zero-order valence-electron chi connectivity index (χ0n) is 13.7. The van der Waals surface area contributed by atoms with Crippen LogP contribution < -0.4 is 5.73 Å². The van der Waals surface area contributed by atoms with Crippen LogP contribution in [0.25, 0.3) is 10.9 Å². The van der Waals surface area contributed by atoms with E-state index in [2.05, 4.69) is 14.9 Å². The van der Waals surface area contributed by atoms with E-state index in [0.717, 1.165) is 40.4 Å². The van der Waals surface area contributed by atoms with E-state index in [0.29, 0.717) is 19.0 Å². The molecule has 1 aliphatic heterocycles. The van der Waals surface area contributed by atoms with E-state index >= 15 is 0 Å². The van der Waals surface area contributed by atoms with E-state index in [1.165, 1.54) is 0 Å². The molecule has 0 aliphatic carbocycles. The topological polar surface area (TPSA) is 64.3 Å². The van der Waals surface area contributed by atoms with Crippen LogP contribution in [0.15, 0.2) is 48.5 Å². The van der Waals surface area contributed by atoms with Gasteiger partial charge < -0.3 is 10.5 Å². The molecule has 1 saturated heterocycles. The maximum atomic E-state index is 6.10. The molecule has 3 aromatic rings. The Labute approximate surface area is 151 Å². The van der Waals surface area contributed by atoms with Crippen molar-refractivity contribution in [1.29, 1.82) is 0 Å². The molecule has 5 nitrogen and oxygen atoms in total. The standard InChI is InChI=1S/C19H19ClN4O/c20-14-5-3-4-13(10-14)17-11-24(8-9-25-17)12-18-22-16-7-2-1-6-15(16)19(21)23-18/h1-7,10,17H,8-9,11-12H2,(H2,21,22,23). The van der Waals surface area contributed by atoms with Crippen molar-refractivity contribution < 1.29 is 4.74 Å². The zero-order chi connectivity index (χ0) is 17.2. The number of para-hydroxylation sites is 1. The van der Waals surface area contributed by atoms with E-state index in [1.54, 1.807) is 0 Å². The second-order valence-electron chi connectivity index (χ2n) is 6.19. The monoisotopic (exact) mass is 354 g/mol. The van der Waals surface area contributed by atoms with Crippen molar-refractivity contribution in [2.24, 2.45) is 0 Å². The minimum absolute atomic E-state index is 0.00486. The highest BCUT2D eigenvalue weighted by Gasteiger charge is 2.23. The summed E-state index contributed by atoms with van der Waals surface area (Å²) in [7, 11) is 0. The fraction of sp³-hybridized carbons (Fsp3) is 0.263. The first-order chi connectivity index (χ1) is 12.2. The maximum Gasteiger partial charge on any atom is 0.145 e. The Morgan fingerprint density at radius 2 is 2.04 bits per heavy atom. The number of hydrogen-bond donors (Lipinski definition) is 1. The van der Waals surface area contributed by atoms with Gasteiger partial charge in [-0.15, -0.1) is 0 Å². The number of ether oxygens (including phenoxy) is 1. The molecule has 1 aliphatic rings. The second-order valence-corrected chi connectivity index (χ2v) is 6.63. The molecule has 4 rings (SSSR count). The van der Waals surface area contributed by atoms with E-state index in [1.807, 2.05) is 48.5 Å². The van der Waals surface area contributed by atoms with Gasteiger partial charge in [0, 0.05) is 23.5 Å². The van der Waals surface area contributed by atoms with Crippen molar-refractivity contribution >= 4 is 28.3 Å². The lowest BCUT2D eigenvalue weighted by Crippen LogP contribution is -2.38. The van der Waals surface area contributed by atoms with Gasteiger partial charge in [-0.2, -0.15) is 0 Å². The normalized spacial score (nSPS) is 18.5. The van der Waals surface area contributed by atoms with Crippen LogP contribution in [0.5, 0.6) is 0 Å². The number of nitrogens with zero attached hydrogens (tertiary/aromatic N) is 3. The number of rotatable bonds is 3. The summed E-state index contributed by atoms with van der Waals surface area (Å²) in [4.78, 5) is 11.4. The minimum atomic E-state index is 0.00486. The average molecular weight is 355 g/mol. The SMILES string of the molecule is Nc1nc(CN2CCOC(c3cccc(Cl)c3)C2)nc2ccccc12. The Hall–Kier alpha value is -2.21. The molecule has 1 atom stereocenters. The van der Waals surface area contributed by atoms with Gasteiger partial charge in [-0.3, -0.25) is 4.90 Å². The number of fused-ring (bicyclic) bond motifs is 1. The summed E-state index contributed by atoms with van der Waals surface area (Å²) in [5.41, 5.74) is 8.06. The molecule has 1 fully saturated rings. The molecule has 1 aromatic heterocycles. The summed E-state index contributed by atoms with van der Waals surface area (Å²) >= 11 is 6.10. The summed E-state index contributed by atoms with van der Waals surface area (Å²) < 4.78 is 5.92. The van der Waals surface area contributed by atoms with Crippen LogP contribution in [0, 0.1) is 0 Å². The molecule has 2 aromatic carbocycles. The lowest BCUT2D eigenvalue weighted by Gasteiger charge is -2.32. The molecular weight excluding hydrogens is 336 g/mol. The van der Waals surface area contributed by atoms with Gasteiger partial charge in [-0.05, 0) is 29.8 Å². The summed E-state index contributed by atoms with van der Waals surface area (Å²) in [6.45, 7) is 2.93. The number of aromatic nitrogens is 2. The number of morpholine rings is 1. The highest BCUT2D eigenvalue weighted by atomic mass is 35.5. The first-order valence-corrected chi connectivity index (χ1v) is 8.67. The Kier molecular flexibility index (Phi) is 4.53. The van der Waals surface area contributed by atoms with Gasteiger partial charge in [0.25, 0.3) is 0 Å². The third-order valence-corrected chi connectivity index (χ3v) is 4.65. The minimum Gasteiger partial charge on any atom is -0.383 e. The quantitative estimate of drug-likeness (QED) is 0.780. The lowest BCUT2D eigenvalue weighted by molar-refractivity contribution is -0.0336. The fourth-order valence-electron chi connectivity index (χ4n) is 3.18. The third kappa shape index (κ3) is 3.58. The van der Waals surface area contributed by atoms with Gasteiger partial charge in [-0.1, -0.05) is 35.9 Å². The van der Waals surface area contributed by atoms with E-state index in [-0.39, 0.29) is 6.10 Å². The number of hydrogen-bond acceptors (Lipinski definition) is 5. The lowest BCUT2D eigenvalue weighted by atomic mass is 10.1. The van der Waals surface area contributed by atoms with Crippen molar-refractivity contribution in [1.82, 2.24) is 14.9 Å². The van der Waals surface area contributed by atoms with E-state index < -0.39 is 0 Å². The molecule has 6 heteroatoms. The number of halogens is 1. The molecule has 25 heavy (non-hydrogen) atoms. The Balaban J connectivity index is 1.52. The number of nitrogen functional groups attached to an aromatic ring is 1. The third-order valence-electron chi connectivity index (χ3n) is 4.42. The molecular formula is C19H19ClN4O. The van der Waals surface area contributed by atoms with Crippen molar-refractivity contribution in [3.63, 3.8) is 0 Å². The molecule has 2 heterocycles. The second kappa shape index (κ2) is 6.96. The van der Waals surface area contributed by atoms with Crippen molar-refractivity contribution in [3.8, 4) is 0 Å². The molecule has 0 spiro atoms. The van der Waals surface area contributed by atoms with Crippen LogP contribution in [0.2, 0.25) is 5.02 Å². The highest BCUT2D eigenvalue weighted by molar-refractivity contribution is 6.30. The smallest absolute Gasteiger partial charge is 0.145 e. The van der Waals surface area contributed by atoms with Crippen LogP contribution in [0.1, 0.15) is 17.5 Å². The van der Waals surface area contributed by atoms with Crippen molar-refractivity contribution in [3.05, 3.63) is 64.9 Å². The van der Waals surface area contributed by atoms with E-state index in [4.69, 9.17) is 22.1 Å². The van der Waals surface area contributed by atoms with Gasteiger partial charge in [0.05, 0.1) is 24.8 Å². The first-order valence-electron chi connectivity index (χ1n) is 8.29. The summed E-state index contributed by atoms with van der Waals surface area (Å²) in [5.74, 6) is 1.27. The van der Waals surface area contributed by atoms with Gasteiger partial charge in [-0.25, -0.2) is 9.97 Å². The molecule has 128 valence electrons. The van der Waals surface area contributed by atoms with Crippen LogP contribution in [-0.2, 0) is 11.3 Å². The van der Waals surface area contributed by atoms with Gasteiger partial charge in [0.1, 0.15) is 11.6 Å². The predicted molar refractivity (Wildman–Crippen MR) is 99.4 cm³/mol. The maximum absolute atomic E-state index is 6.10. The number of anilines is 1. The highest BCUT2D eigenvalue weighted by Crippen LogP contribution is 2.25. The van der Waals surface area contributed by atoms with Crippen LogP contribution in [0.3, 0.4) is 0 Å². The number of benzene rings is 2. The average Bonchev–Trinajstić information content (AvgIpc) is 2.62. The predicted octanol–water partition coefficient (Wildman–Crippen LogP) is 3.44. The van der Waals surface area contributed by atoms with Crippen molar-refractivity contribution in [2.45, 2.75) is 12.6 Å². The molecule has 0 radical (unpaired) electrons. The summed E-state index contributed by atoms with van der Waals surface area (Å²) in [5, 5.41) is 1.62. The first kappa shape index (κ1) is 16.3. The molecule has 0 saturated carbocycles.